The standard InChI is InChI=1S/C24H21I2NO3/c1-16(27(2)23(28)18-12-6-8-14-20(18)25)22(17-10-4-3-5-11-17)30-24(29)19-13-7-9-15-21(19)26/h3-16,22H,1-2H3/t16?,22-/m0/s1. The van der Waals surface area contributed by atoms with Crippen molar-refractivity contribution >= 4 is 57.1 Å². The van der Waals surface area contributed by atoms with Gasteiger partial charge < -0.3 is 9.64 Å². The zero-order chi connectivity index (χ0) is 21.7. The van der Waals surface area contributed by atoms with Crippen LogP contribution >= 0.6 is 45.2 Å². The van der Waals surface area contributed by atoms with E-state index in [4.69, 9.17) is 4.74 Å². The smallest absolute Gasteiger partial charge is 0.339 e. The van der Waals surface area contributed by atoms with Crippen LogP contribution in [0.25, 0.3) is 0 Å². The minimum Gasteiger partial charge on any atom is -0.452 e. The SMILES string of the molecule is CC([C@H](OC(=O)c1ccccc1I)c1ccccc1)N(C)C(=O)c1ccccc1I. The Morgan fingerprint density at radius 1 is 0.800 bits per heavy atom. The van der Waals surface area contributed by atoms with Crippen LogP contribution in [0, 0.1) is 7.14 Å². The number of ether oxygens (including phenoxy) is 1. The number of esters is 1. The number of nitrogens with zero attached hydrogens (tertiary/aromatic N) is 1. The van der Waals surface area contributed by atoms with Crippen molar-refractivity contribution in [3.8, 4) is 0 Å². The molecule has 3 rings (SSSR count). The van der Waals surface area contributed by atoms with Gasteiger partial charge in [0.05, 0.1) is 17.2 Å². The fraction of sp³-hybridized carbons (Fsp3) is 0.167. The summed E-state index contributed by atoms with van der Waals surface area (Å²) in [7, 11) is 1.74. The van der Waals surface area contributed by atoms with Crippen molar-refractivity contribution in [2.75, 3.05) is 7.05 Å². The van der Waals surface area contributed by atoms with Crippen LogP contribution in [-0.2, 0) is 4.74 Å². The van der Waals surface area contributed by atoms with Crippen LogP contribution in [0.5, 0.6) is 0 Å². The predicted octanol–water partition coefficient (Wildman–Crippen LogP) is 5.95. The summed E-state index contributed by atoms with van der Waals surface area (Å²) < 4.78 is 7.67. The molecule has 0 aliphatic carbocycles. The van der Waals surface area contributed by atoms with Gasteiger partial charge in [0.25, 0.3) is 5.91 Å². The highest BCUT2D eigenvalue weighted by molar-refractivity contribution is 14.1. The molecule has 0 spiro atoms. The number of carbonyl (C=O) groups excluding carboxylic acids is 2. The zero-order valence-corrected chi connectivity index (χ0v) is 20.9. The summed E-state index contributed by atoms with van der Waals surface area (Å²) in [5.41, 5.74) is 1.98. The molecule has 0 aliphatic rings. The second-order valence-electron chi connectivity index (χ2n) is 6.85. The van der Waals surface area contributed by atoms with Crippen LogP contribution in [0.3, 0.4) is 0 Å². The van der Waals surface area contributed by atoms with Gasteiger partial charge in [0.15, 0.2) is 0 Å². The summed E-state index contributed by atoms with van der Waals surface area (Å²) in [5.74, 6) is -0.519. The Labute approximate surface area is 203 Å². The molecule has 0 bridgehead atoms. The lowest BCUT2D eigenvalue weighted by atomic mass is 10.0. The van der Waals surface area contributed by atoms with E-state index in [-0.39, 0.29) is 11.9 Å². The van der Waals surface area contributed by atoms with Crippen LogP contribution in [0.2, 0.25) is 0 Å². The maximum Gasteiger partial charge on any atom is 0.339 e. The summed E-state index contributed by atoms with van der Waals surface area (Å²) >= 11 is 4.28. The molecule has 6 heteroatoms. The molecule has 1 unspecified atom stereocenters. The number of hydrogen-bond donors (Lipinski definition) is 0. The maximum atomic E-state index is 13.1. The van der Waals surface area contributed by atoms with Crippen LogP contribution in [-0.4, -0.2) is 29.9 Å². The molecule has 3 aromatic carbocycles. The quantitative estimate of drug-likeness (QED) is 0.251. The summed E-state index contributed by atoms with van der Waals surface area (Å²) in [6, 6.07) is 23.9. The van der Waals surface area contributed by atoms with Gasteiger partial charge in [-0.3, -0.25) is 4.79 Å². The third-order valence-electron chi connectivity index (χ3n) is 4.93. The van der Waals surface area contributed by atoms with Crippen LogP contribution < -0.4 is 0 Å². The topological polar surface area (TPSA) is 46.6 Å². The van der Waals surface area contributed by atoms with E-state index >= 15 is 0 Å². The first-order valence-corrected chi connectivity index (χ1v) is 11.6. The van der Waals surface area contributed by atoms with Gasteiger partial charge in [-0.05, 0) is 81.9 Å². The lowest BCUT2D eigenvalue weighted by molar-refractivity contribution is 0.00554. The first-order chi connectivity index (χ1) is 14.4. The van der Waals surface area contributed by atoms with E-state index in [1.807, 2.05) is 79.7 Å². The van der Waals surface area contributed by atoms with Gasteiger partial charge >= 0.3 is 5.97 Å². The van der Waals surface area contributed by atoms with Crippen LogP contribution in [0.1, 0.15) is 39.3 Å². The number of likely N-dealkylation sites (N-methyl/N-ethyl adjacent to an activating group) is 1. The largest absolute Gasteiger partial charge is 0.452 e. The summed E-state index contributed by atoms with van der Waals surface area (Å²) in [5, 5.41) is 0. The number of carbonyl (C=O) groups is 2. The Morgan fingerprint density at radius 3 is 1.87 bits per heavy atom. The molecule has 0 N–H and O–H groups in total. The van der Waals surface area contributed by atoms with Crippen LogP contribution in [0.15, 0.2) is 78.9 Å². The number of rotatable bonds is 6. The molecule has 0 aliphatic heterocycles. The van der Waals surface area contributed by atoms with E-state index in [1.54, 1.807) is 18.0 Å². The molecule has 0 saturated carbocycles. The molecule has 0 fully saturated rings. The average molecular weight is 625 g/mol. The van der Waals surface area contributed by atoms with Gasteiger partial charge in [-0.2, -0.15) is 0 Å². The molecule has 0 saturated heterocycles. The second-order valence-corrected chi connectivity index (χ2v) is 9.18. The summed E-state index contributed by atoms with van der Waals surface area (Å²) in [6.45, 7) is 1.90. The fourth-order valence-corrected chi connectivity index (χ4v) is 4.33. The molecule has 4 nitrogen and oxygen atoms in total. The van der Waals surface area contributed by atoms with Gasteiger partial charge in [0, 0.05) is 14.2 Å². The van der Waals surface area contributed by atoms with Crippen molar-refractivity contribution < 1.29 is 14.3 Å². The first-order valence-electron chi connectivity index (χ1n) is 9.42. The number of hydrogen-bond acceptors (Lipinski definition) is 3. The molecule has 0 aromatic heterocycles. The van der Waals surface area contributed by atoms with Crippen molar-refractivity contribution in [1.82, 2.24) is 4.90 Å². The fourth-order valence-electron chi connectivity index (χ4n) is 3.11. The Hall–Kier alpha value is -1.94. The van der Waals surface area contributed by atoms with E-state index in [9.17, 15) is 9.59 Å². The van der Waals surface area contributed by atoms with Crippen LogP contribution in [0.4, 0.5) is 0 Å². The zero-order valence-electron chi connectivity index (χ0n) is 16.6. The Balaban J connectivity index is 1.90. The highest BCUT2D eigenvalue weighted by atomic mass is 127. The highest BCUT2D eigenvalue weighted by Gasteiger charge is 2.31. The van der Waals surface area contributed by atoms with E-state index in [2.05, 4.69) is 45.2 Å². The minimum absolute atomic E-state index is 0.112. The van der Waals surface area contributed by atoms with E-state index in [0.29, 0.717) is 11.1 Å². The average Bonchev–Trinajstić information content (AvgIpc) is 2.77. The van der Waals surface area contributed by atoms with Crippen molar-refractivity contribution in [3.63, 3.8) is 0 Å². The molecule has 3 aromatic rings. The molecular formula is C24H21I2NO3. The van der Waals surface area contributed by atoms with Crippen molar-refractivity contribution in [2.24, 2.45) is 0 Å². The molecular weight excluding hydrogens is 604 g/mol. The molecule has 0 radical (unpaired) electrons. The van der Waals surface area contributed by atoms with Crippen molar-refractivity contribution in [3.05, 3.63) is 103 Å². The number of amides is 1. The highest BCUT2D eigenvalue weighted by Crippen LogP contribution is 2.28. The third-order valence-corrected chi connectivity index (χ3v) is 6.81. The molecule has 1 amide bonds. The van der Waals surface area contributed by atoms with E-state index in [1.165, 1.54) is 0 Å². The predicted molar refractivity (Wildman–Crippen MR) is 134 cm³/mol. The monoisotopic (exact) mass is 625 g/mol. The Bertz CT molecular complexity index is 1040. The van der Waals surface area contributed by atoms with Gasteiger partial charge in [0.1, 0.15) is 6.10 Å². The minimum atomic E-state index is -0.606. The number of benzene rings is 3. The normalized spacial score (nSPS) is 12.7. The van der Waals surface area contributed by atoms with Gasteiger partial charge in [0.2, 0.25) is 0 Å². The van der Waals surface area contributed by atoms with Gasteiger partial charge in [-0.15, -0.1) is 0 Å². The third kappa shape index (κ3) is 5.21. The van der Waals surface area contributed by atoms with Gasteiger partial charge in [-0.1, -0.05) is 54.6 Å². The maximum absolute atomic E-state index is 13.1. The lowest BCUT2D eigenvalue weighted by Crippen LogP contribution is -2.40. The summed E-state index contributed by atoms with van der Waals surface area (Å²) in [6.07, 6.45) is -0.606. The molecule has 2 atom stereocenters. The van der Waals surface area contributed by atoms with E-state index < -0.39 is 12.1 Å². The Kier molecular flexibility index (Phi) is 7.87. The lowest BCUT2D eigenvalue weighted by Gasteiger charge is -2.32. The molecule has 154 valence electrons. The Morgan fingerprint density at radius 2 is 1.30 bits per heavy atom. The number of halogens is 2. The molecule has 30 heavy (non-hydrogen) atoms. The van der Waals surface area contributed by atoms with Gasteiger partial charge in [-0.25, -0.2) is 4.79 Å². The first kappa shape index (κ1) is 22.7. The molecule has 0 heterocycles. The van der Waals surface area contributed by atoms with Crippen molar-refractivity contribution in [1.29, 1.82) is 0 Å². The second kappa shape index (κ2) is 10.4. The summed E-state index contributed by atoms with van der Waals surface area (Å²) in [4.78, 5) is 27.7. The van der Waals surface area contributed by atoms with E-state index in [0.717, 1.165) is 12.7 Å². The van der Waals surface area contributed by atoms with Crippen molar-refractivity contribution in [2.45, 2.75) is 19.1 Å².